The largest absolute Gasteiger partial charge is 0.357 e. The number of benzene rings is 1. The van der Waals surface area contributed by atoms with Crippen LogP contribution in [0.1, 0.15) is 0 Å². The van der Waals surface area contributed by atoms with Crippen molar-refractivity contribution >= 4 is 46.7 Å². The number of para-hydroxylation sites is 1. The van der Waals surface area contributed by atoms with Crippen LogP contribution in [-0.4, -0.2) is 36.1 Å². The third-order valence-electron chi connectivity index (χ3n) is 2.45. The molecule has 0 fully saturated rings. The highest BCUT2D eigenvalue weighted by molar-refractivity contribution is 6.39. The fourth-order valence-corrected chi connectivity index (χ4v) is 1.95. The minimum atomic E-state index is 0.364. The summed E-state index contributed by atoms with van der Waals surface area (Å²) >= 11 is 12.2. The molecule has 1 heterocycles. The number of aromatic nitrogens is 3. The van der Waals surface area contributed by atoms with Crippen LogP contribution in [0.4, 0.5) is 23.5 Å². The maximum Gasteiger partial charge on any atom is 0.233 e. The normalized spacial score (nSPS) is 10.2. The van der Waals surface area contributed by atoms with Crippen LogP contribution in [0, 0.1) is 0 Å². The summed E-state index contributed by atoms with van der Waals surface area (Å²) in [6.45, 7) is 0. The quantitative estimate of drug-likeness (QED) is 0.904. The second-order valence-electron chi connectivity index (χ2n) is 4.15. The summed E-state index contributed by atoms with van der Waals surface area (Å²) in [4.78, 5) is 14.5. The van der Waals surface area contributed by atoms with E-state index in [1.165, 1.54) is 0 Å². The lowest BCUT2D eigenvalue weighted by Crippen LogP contribution is -2.15. The molecule has 0 amide bonds. The number of halogens is 2. The molecule has 2 aromatic rings. The Morgan fingerprint density at radius 1 is 1.00 bits per heavy atom. The van der Waals surface area contributed by atoms with Crippen LogP contribution < -0.4 is 15.5 Å². The van der Waals surface area contributed by atoms with E-state index in [1.54, 1.807) is 30.1 Å². The molecule has 0 bridgehead atoms. The Kier molecular flexibility index (Phi) is 4.46. The van der Waals surface area contributed by atoms with Gasteiger partial charge in [0.2, 0.25) is 17.8 Å². The van der Waals surface area contributed by atoms with Gasteiger partial charge in [-0.3, -0.25) is 0 Å². The molecule has 1 aromatic heterocycles. The van der Waals surface area contributed by atoms with Crippen LogP contribution in [0.25, 0.3) is 0 Å². The molecule has 20 heavy (non-hydrogen) atoms. The van der Waals surface area contributed by atoms with E-state index in [1.807, 2.05) is 14.1 Å². The predicted octanol–water partition coefficient (Wildman–Crippen LogP) is 3.03. The Morgan fingerprint density at radius 2 is 1.60 bits per heavy atom. The van der Waals surface area contributed by atoms with E-state index in [9.17, 15) is 0 Å². The Morgan fingerprint density at radius 3 is 2.15 bits per heavy atom. The lowest BCUT2D eigenvalue weighted by atomic mass is 10.3. The summed E-state index contributed by atoms with van der Waals surface area (Å²) < 4.78 is 0. The zero-order valence-electron chi connectivity index (χ0n) is 11.3. The Balaban J connectivity index is 2.40. The van der Waals surface area contributed by atoms with E-state index in [2.05, 4.69) is 25.6 Å². The lowest BCUT2D eigenvalue weighted by Gasteiger charge is -2.14. The standard InChI is InChI=1S/C12H14Cl2N6/c1-15-10-17-11(19-12(18-10)20(2)3)16-9-7(13)5-4-6-8(9)14/h4-6H,1-3H3,(H2,15,16,17,18,19). The maximum atomic E-state index is 6.11. The molecule has 106 valence electrons. The van der Waals surface area contributed by atoms with E-state index in [0.717, 1.165) is 0 Å². The van der Waals surface area contributed by atoms with Crippen LogP contribution in [0.2, 0.25) is 10.0 Å². The molecule has 2 N–H and O–H groups in total. The van der Waals surface area contributed by atoms with E-state index in [4.69, 9.17) is 23.2 Å². The van der Waals surface area contributed by atoms with Crippen molar-refractivity contribution in [1.29, 1.82) is 0 Å². The zero-order chi connectivity index (χ0) is 14.7. The number of anilines is 4. The van der Waals surface area contributed by atoms with Crippen molar-refractivity contribution in [3.05, 3.63) is 28.2 Å². The summed E-state index contributed by atoms with van der Waals surface area (Å²) in [6, 6.07) is 5.25. The molecule has 0 radical (unpaired) electrons. The zero-order valence-corrected chi connectivity index (χ0v) is 12.8. The summed E-state index contributed by atoms with van der Waals surface area (Å²) in [5.74, 6) is 1.34. The molecular weight excluding hydrogens is 299 g/mol. The van der Waals surface area contributed by atoms with E-state index >= 15 is 0 Å². The highest BCUT2D eigenvalue weighted by atomic mass is 35.5. The Labute approximate surface area is 127 Å². The van der Waals surface area contributed by atoms with Gasteiger partial charge in [-0.1, -0.05) is 29.3 Å². The number of rotatable bonds is 4. The first kappa shape index (κ1) is 14.6. The second kappa shape index (κ2) is 6.11. The summed E-state index contributed by atoms with van der Waals surface area (Å²) in [5, 5.41) is 6.89. The van der Waals surface area contributed by atoms with Gasteiger partial charge in [0.05, 0.1) is 15.7 Å². The molecule has 0 saturated carbocycles. The minimum Gasteiger partial charge on any atom is -0.357 e. The fourth-order valence-electron chi connectivity index (χ4n) is 1.46. The maximum absolute atomic E-state index is 6.11. The molecule has 2 rings (SSSR count). The van der Waals surface area contributed by atoms with Crippen molar-refractivity contribution in [1.82, 2.24) is 15.0 Å². The third kappa shape index (κ3) is 3.20. The minimum absolute atomic E-state index is 0.364. The Hall–Kier alpha value is -1.79. The van der Waals surface area contributed by atoms with Gasteiger partial charge >= 0.3 is 0 Å². The van der Waals surface area contributed by atoms with Crippen molar-refractivity contribution < 1.29 is 0 Å². The van der Waals surface area contributed by atoms with Crippen molar-refractivity contribution in [2.75, 3.05) is 36.7 Å². The predicted molar refractivity (Wildman–Crippen MR) is 83.4 cm³/mol. The molecule has 0 unspecified atom stereocenters. The number of hydrogen-bond donors (Lipinski definition) is 2. The third-order valence-corrected chi connectivity index (χ3v) is 3.08. The Bertz CT molecular complexity index is 597. The van der Waals surface area contributed by atoms with Gasteiger partial charge in [0.1, 0.15) is 0 Å². The van der Waals surface area contributed by atoms with Gasteiger partial charge in [-0.2, -0.15) is 15.0 Å². The van der Waals surface area contributed by atoms with Gasteiger partial charge in [0.15, 0.2) is 0 Å². The van der Waals surface area contributed by atoms with E-state index < -0.39 is 0 Å². The van der Waals surface area contributed by atoms with Crippen LogP contribution in [0.15, 0.2) is 18.2 Å². The van der Waals surface area contributed by atoms with Gasteiger partial charge in [-0.25, -0.2) is 0 Å². The molecule has 6 nitrogen and oxygen atoms in total. The molecule has 0 saturated heterocycles. The SMILES string of the molecule is CNc1nc(Nc2c(Cl)cccc2Cl)nc(N(C)C)n1. The average Bonchev–Trinajstić information content (AvgIpc) is 2.42. The number of nitrogens with zero attached hydrogens (tertiary/aromatic N) is 4. The molecular formula is C12H14Cl2N6. The van der Waals surface area contributed by atoms with Gasteiger partial charge in [-0.15, -0.1) is 0 Å². The van der Waals surface area contributed by atoms with Gasteiger partial charge in [-0.05, 0) is 12.1 Å². The first-order chi connectivity index (χ1) is 9.51. The van der Waals surface area contributed by atoms with Crippen molar-refractivity contribution in [3.63, 3.8) is 0 Å². The van der Waals surface area contributed by atoms with Crippen molar-refractivity contribution in [3.8, 4) is 0 Å². The molecule has 0 aliphatic carbocycles. The van der Waals surface area contributed by atoms with E-state index in [0.29, 0.717) is 33.6 Å². The molecule has 0 spiro atoms. The van der Waals surface area contributed by atoms with Gasteiger partial charge in [0, 0.05) is 21.1 Å². The summed E-state index contributed by atoms with van der Waals surface area (Å²) in [7, 11) is 5.43. The molecule has 8 heteroatoms. The topological polar surface area (TPSA) is 66.0 Å². The summed E-state index contributed by atoms with van der Waals surface area (Å²) in [6.07, 6.45) is 0. The van der Waals surface area contributed by atoms with Crippen LogP contribution in [0.3, 0.4) is 0 Å². The lowest BCUT2D eigenvalue weighted by molar-refractivity contribution is 0.963. The van der Waals surface area contributed by atoms with Crippen molar-refractivity contribution in [2.45, 2.75) is 0 Å². The molecule has 0 aliphatic heterocycles. The number of hydrogen-bond acceptors (Lipinski definition) is 6. The number of nitrogens with one attached hydrogen (secondary N) is 2. The molecule has 0 atom stereocenters. The summed E-state index contributed by atoms with van der Waals surface area (Å²) in [5.41, 5.74) is 0.564. The van der Waals surface area contributed by atoms with Gasteiger partial charge in [0.25, 0.3) is 0 Å². The average molecular weight is 313 g/mol. The highest BCUT2D eigenvalue weighted by Gasteiger charge is 2.11. The van der Waals surface area contributed by atoms with Gasteiger partial charge < -0.3 is 15.5 Å². The highest BCUT2D eigenvalue weighted by Crippen LogP contribution is 2.31. The first-order valence-corrected chi connectivity index (χ1v) is 6.59. The molecule has 0 aliphatic rings. The monoisotopic (exact) mass is 312 g/mol. The van der Waals surface area contributed by atoms with Crippen molar-refractivity contribution in [2.24, 2.45) is 0 Å². The van der Waals surface area contributed by atoms with E-state index in [-0.39, 0.29) is 0 Å². The first-order valence-electron chi connectivity index (χ1n) is 5.83. The smallest absolute Gasteiger partial charge is 0.233 e. The fraction of sp³-hybridized carbons (Fsp3) is 0.250. The molecule has 1 aromatic carbocycles. The van der Waals surface area contributed by atoms with Crippen LogP contribution in [0.5, 0.6) is 0 Å². The van der Waals surface area contributed by atoms with Crippen LogP contribution >= 0.6 is 23.2 Å². The second-order valence-corrected chi connectivity index (χ2v) is 4.96. The van der Waals surface area contributed by atoms with Crippen LogP contribution in [-0.2, 0) is 0 Å².